The first-order valence-electron chi connectivity index (χ1n) is 9.89. The van der Waals surface area contributed by atoms with Gasteiger partial charge in [-0.1, -0.05) is 64.5 Å². The first kappa shape index (κ1) is 22.3. The van der Waals surface area contributed by atoms with Crippen molar-refractivity contribution < 1.29 is 27.1 Å². The highest BCUT2D eigenvalue weighted by Crippen LogP contribution is 2.47. The summed E-state index contributed by atoms with van der Waals surface area (Å²) in [4.78, 5) is 14.1. The van der Waals surface area contributed by atoms with Crippen LogP contribution in [0.2, 0.25) is 0 Å². The lowest BCUT2D eigenvalue weighted by molar-refractivity contribution is -0.137. The molecule has 0 radical (unpaired) electrons. The molecule has 3 aromatic carbocycles. The molecule has 8 heteroatoms. The number of fused-ring (bicyclic) bond motifs is 1. The van der Waals surface area contributed by atoms with E-state index in [2.05, 4.69) is 15.9 Å². The van der Waals surface area contributed by atoms with Gasteiger partial charge in [0.2, 0.25) is 0 Å². The molecule has 32 heavy (non-hydrogen) atoms. The summed E-state index contributed by atoms with van der Waals surface area (Å²) in [6, 6.07) is 16.1. The lowest BCUT2D eigenvalue weighted by atomic mass is 9.89. The average Bonchev–Trinajstić information content (AvgIpc) is 2.76. The van der Waals surface area contributed by atoms with Crippen molar-refractivity contribution in [3.63, 3.8) is 0 Å². The number of carbonyl (C=O) groups is 1. The lowest BCUT2D eigenvalue weighted by Gasteiger charge is -2.38. The molecule has 1 unspecified atom stereocenters. The summed E-state index contributed by atoms with van der Waals surface area (Å²) < 4.78 is 62.2. The average molecular weight is 508 g/mol. The molecule has 0 fully saturated rings. The lowest BCUT2D eigenvalue weighted by Crippen LogP contribution is -2.40. The van der Waals surface area contributed by atoms with Gasteiger partial charge >= 0.3 is 12.3 Å². The molecule has 0 saturated carbocycles. The maximum Gasteiger partial charge on any atom is 0.418 e. The molecular weight excluding hydrogens is 490 g/mol. The summed E-state index contributed by atoms with van der Waals surface area (Å²) in [5, 5.41) is 0. The minimum atomic E-state index is -4.72. The van der Waals surface area contributed by atoms with Gasteiger partial charge in [-0.3, -0.25) is 4.90 Å². The molecule has 3 aromatic rings. The second-order valence-electron chi connectivity index (χ2n) is 7.45. The van der Waals surface area contributed by atoms with Crippen molar-refractivity contribution in [1.29, 1.82) is 0 Å². The zero-order chi connectivity index (χ0) is 22.9. The molecule has 0 aliphatic carbocycles. The fraction of sp³-hybridized carbons (Fsp3) is 0.208. The van der Waals surface area contributed by atoms with Crippen LogP contribution >= 0.6 is 15.9 Å². The van der Waals surface area contributed by atoms with Gasteiger partial charge < -0.3 is 4.74 Å². The topological polar surface area (TPSA) is 29.5 Å². The van der Waals surface area contributed by atoms with Crippen LogP contribution < -0.4 is 4.90 Å². The van der Waals surface area contributed by atoms with Crippen LogP contribution in [0.4, 0.5) is 28.0 Å². The Morgan fingerprint density at radius 3 is 2.44 bits per heavy atom. The number of halogens is 5. The SMILES string of the molecule is O=C(OCc1ccccc1)N1c2c(cc(Br)cc2C(F)(F)F)CCC1c1ccccc1F. The molecule has 1 atom stereocenters. The Balaban J connectivity index is 1.81. The second-order valence-corrected chi connectivity index (χ2v) is 8.36. The third kappa shape index (κ3) is 4.50. The summed E-state index contributed by atoms with van der Waals surface area (Å²) in [7, 11) is 0. The minimum absolute atomic E-state index is 0.118. The van der Waals surface area contributed by atoms with Crippen LogP contribution in [0.1, 0.15) is 34.7 Å². The number of hydrogen-bond donors (Lipinski definition) is 0. The maximum atomic E-state index is 14.6. The molecule has 4 rings (SSSR count). The highest BCUT2D eigenvalue weighted by atomic mass is 79.9. The van der Waals surface area contributed by atoms with Crippen LogP contribution in [-0.2, 0) is 23.9 Å². The van der Waals surface area contributed by atoms with Gasteiger partial charge in [-0.05, 0) is 42.2 Å². The molecular formula is C24H18BrF4NO2. The fourth-order valence-corrected chi connectivity index (χ4v) is 4.48. The molecule has 0 spiro atoms. The predicted octanol–water partition coefficient (Wildman–Crippen LogP) is 7.44. The van der Waals surface area contributed by atoms with E-state index in [1.54, 1.807) is 42.5 Å². The van der Waals surface area contributed by atoms with Gasteiger partial charge in [0.25, 0.3) is 0 Å². The second kappa shape index (κ2) is 8.94. The Morgan fingerprint density at radius 2 is 1.75 bits per heavy atom. The van der Waals surface area contributed by atoms with Crippen LogP contribution in [0.15, 0.2) is 71.2 Å². The number of benzene rings is 3. The van der Waals surface area contributed by atoms with E-state index < -0.39 is 29.7 Å². The Labute approximate surface area is 190 Å². The Bertz CT molecular complexity index is 1130. The van der Waals surface area contributed by atoms with E-state index in [-0.39, 0.29) is 35.2 Å². The third-order valence-electron chi connectivity index (χ3n) is 5.36. The normalized spacial score (nSPS) is 15.9. The first-order chi connectivity index (χ1) is 15.3. The molecule has 3 nitrogen and oxygen atoms in total. The largest absolute Gasteiger partial charge is 0.444 e. The monoisotopic (exact) mass is 507 g/mol. The number of aryl methyl sites for hydroxylation is 1. The summed E-state index contributed by atoms with van der Waals surface area (Å²) in [6.45, 7) is -0.118. The molecule has 1 amide bonds. The van der Waals surface area contributed by atoms with Gasteiger partial charge in [-0.2, -0.15) is 13.2 Å². The van der Waals surface area contributed by atoms with Gasteiger partial charge in [-0.15, -0.1) is 0 Å². The molecule has 0 aromatic heterocycles. The van der Waals surface area contributed by atoms with Crippen molar-refractivity contribution in [3.8, 4) is 0 Å². The smallest absolute Gasteiger partial charge is 0.418 e. The van der Waals surface area contributed by atoms with Gasteiger partial charge in [0.15, 0.2) is 0 Å². The Morgan fingerprint density at radius 1 is 1.06 bits per heavy atom. The fourth-order valence-electron chi connectivity index (χ4n) is 3.97. The van der Waals surface area contributed by atoms with Crippen molar-refractivity contribution in [1.82, 2.24) is 0 Å². The highest BCUT2D eigenvalue weighted by molar-refractivity contribution is 9.10. The number of amides is 1. The number of carbonyl (C=O) groups excluding carboxylic acids is 1. The van der Waals surface area contributed by atoms with Gasteiger partial charge in [0.05, 0.1) is 17.3 Å². The Kier molecular flexibility index (Phi) is 6.24. The van der Waals surface area contributed by atoms with Gasteiger partial charge in [0.1, 0.15) is 12.4 Å². The van der Waals surface area contributed by atoms with E-state index in [9.17, 15) is 22.4 Å². The number of anilines is 1. The summed E-state index contributed by atoms with van der Waals surface area (Å²) in [5.41, 5.74) is -0.0907. The van der Waals surface area contributed by atoms with Crippen LogP contribution in [0.5, 0.6) is 0 Å². The molecule has 1 heterocycles. The van der Waals surface area contributed by atoms with Crippen LogP contribution in [0.3, 0.4) is 0 Å². The van der Waals surface area contributed by atoms with Crippen molar-refractivity contribution in [2.45, 2.75) is 31.7 Å². The van der Waals surface area contributed by atoms with E-state index in [4.69, 9.17) is 4.74 Å². The van der Waals surface area contributed by atoms with E-state index in [1.807, 2.05) is 0 Å². The highest BCUT2D eigenvalue weighted by Gasteiger charge is 2.43. The minimum Gasteiger partial charge on any atom is -0.444 e. The number of rotatable bonds is 3. The number of nitrogens with zero attached hydrogens (tertiary/aromatic N) is 1. The molecule has 0 bridgehead atoms. The number of alkyl halides is 3. The quantitative estimate of drug-likeness (QED) is 0.344. The van der Waals surface area contributed by atoms with Crippen LogP contribution in [0.25, 0.3) is 0 Å². The zero-order valence-electron chi connectivity index (χ0n) is 16.7. The molecule has 166 valence electrons. The van der Waals surface area contributed by atoms with Crippen molar-refractivity contribution in [3.05, 3.63) is 99.3 Å². The van der Waals surface area contributed by atoms with Gasteiger partial charge in [0, 0.05) is 10.0 Å². The van der Waals surface area contributed by atoms with Crippen LogP contribution in [-0.4, -0.2) is 6.09 Å². The molecule has 1 aliphatic rings. The van der Waals surface area contributed by atoms with Crippen molar-refractivity contribution in [2.75, 3.05) is 4.90 Å². The summed E-state index contributed by atoms with van der Waals surface area (Å²) in [5.74, 6) is -0.590. The third-order valence-corrected chi connectivity index (χ3v) is 5.82. The van der Waals surface area contributed by atoms with Crippen molar-refractivity contribution in [2.24, 2.45) is 0 Å². The van der Waals surface area contributed by atoms with Crippen LogP contribution in [0, 0.1) is 5.82 Å². The standard InChI is InChI=1S/C24H18BrF4NO2/c25-17-12-16-10-11-21(18-8-4-5-9-20(18)26)30(22(16)19(13-17)24(27,28)29)23(31)32-14-15-6-2-1-3-7-15/h1-9,12-13,21H,10-11,14H2. The van der Waals surface area contributed by atoms with E-state index in [0.717, 1.165) is 11.0 Å². The summed E-state index contributed by atoms with van der Waals surface area (Å²) >= 11 is 3.13. The van der Waals surface area contributed by atoms with E-state index >= 15 is 0 Å². The zero-order valence-corrected chi connectivity index (χ0v) is 18.3. The maximum absolute atomic E-state index is 14.6. The Hall–Kier alpha value is -2.87. The molecule has 0 saturated heterocycles. The first-order valence-corrected chi connectivity index (χ1v) is 10.7. The molecule has 1 aliphatic heterocycles. The van der Waals surface area contributed by atoms with E-state index in [0.29, 0.717) is 11.1 Å². The van der Waals surface area contributed by atoms with Crippen molar-refractivity contribution >= 4 is 27.7 Å². The van der Waals surface area contributed by atoms with Gasteiger partial charge in [-0.25, -0.2) is 9.18 Å². The molecule has 0 N–H and O–H groups in total. The number of hydrogen-bond acceptors (Lipinski definition) is 2. The number of ether oxygens (including phenoxy) is 1. The predicted molar refractivity (Wildman–Crippen MR) is 116 cm³/mol. The summed E-state index contributed by atoms with van der Waals surface area (Å²) in [6.07, 6.45) is -5.18. The van der Waals surface area contributed by atoms with E-state index in [1.165, 1.54) is 18.2 Å².